The van der Waals surface area contributed by atoms with Gasteiger partial charge in [0.1, 0.15) is 5.75 Å². The van der Waals surface area contributed by atoms with Crippen molar-refractivity contribution in [3.05, 3.63) is 62.5 Å². The van der Waals surface area contributed by atoms with Crippen LogP contribution in [0.2, 0.25) is 0 Å². The van der Waals surface area contributed by atoms with E-state index in [0.29, 0.717) is 0 Å². The van der Waals surface area contributed by atoms with E-state index < -0.39 is 0 Å². The Morgan fingerprint density at radius 2 is 1.74 bits per heavy atom. The van der Waals surface area contributed by atoms with Crippen molar-refractivity contribution in [2.24, 2.45) is 5.84 Å². The highest BCUT2D eigenvalue weighted by Gasteiger charge is 2.14. The number of nitrogens with two attached hydrogens (primary N) is 1. The maximum absolute atomic E-state index is 5.71. The van der Waals surface area contributed by atoms with Gasteiger partial charge in [-0.05, 0) is 41.5 Å². The van der Waals surface area contributed by atoms with Crippen LogP contribution >= 0.6 is 31.9 Å². The number of nitrogens with one attached hydrogen (secondary N) is 1. The molecule has 1 unspecified atom stereocenters. The predicted molar refractivity (Wildman–Crippen MR) is 84.0 cm³/mol. The highest BCUT2D eigenvalue weighted by Crippen LogP contribution is 2.29. The molecule has 2 aromatic carbocycles. The molecule has 3 N–H and O–H groups in total. The van der Waals surface area contributed by atoms with Crippen LogP contribution in [-0.4, -0.2) is 7.11 Å². The van der Waals surface area contributed by atoms with Gasteiger partial charge in [-0.1, -0.05) is 44.0 Å². The van der Waals surface area contributed by atoms with Gasteiger partial charge in [0.15, 0.2) is 0 Å². The van der Waals surface area contributed by atoms with E-state index in [0.717, 1.165) is 25.8 Å². The number of halogens is 2. The van der Waals surface area contributed by atoms with Gasteiger partial charge in [-0.3, -0.25) is 5.84 Å². The van der Waals surface area contributed by atoms with Crippen LogP contribution in [0.3, 0.4) is 0 Å². The second kappa shape index (κ2) is 6.52. The van der Waals surface area contributed by atoms with E-state index in [1.165, 1.54) is 0 Å². The Labute approximate surface area is 129 Å². The molecule has 0 saturated carbocycles. The normalized spacial score (nSPS) is 12.2. The molecule has 19 heavy (non-hydrogen) atoms. The molecule has 2 rings (SSSR count). The maximum atomic E-state index is 5.71. The largest absolute Gasteiger partial charge is 0.497 e. The first kappa shape index (κ1) is 14.5. The molecule has 1 atom stereocenters. The minimum Gasteiger partial charge on any atom is -0.497 e. The lowest BCUT2D eigenvalue weighted by Gasteiger charge is -2.18. The van der Waals surface area contributed by atoms with Crippen molar-refractivity contribution in [1.82, 2.24) is 5.43 Å². The third-order valence-corrected chi connectivity index (χ3v) is 3.73. The third-order valence-electron chi connectivity index (χ3n) is 2.81. The lowest BCUT2D eigenvalue weighted by atomic mass is 9.99. The van der Waals surface area contributed by atoms with E-state index >= 15 is 0 Å². The van der Waals surface area contributed by atoms with Crippen molar-refractivity contribution in [2.45, 2.75) is 6.04 Å². The van der Waals surface area contributed by atoms with Crippen LogP contribution < -0.4 is 16.0 Å². The first-order valence-electron chi connectivity index (χ1n) is 5.70. The summed E-state index contributed by atoms with van der Waals surface area (Å²) in [5.41, 5.74) is 4.96. The molecular formula is C14H14Br2N2O. The summed E-state index contributed by atoms with van der Waals surface area (Å²) in [6.45, 7) is 0. The van der Waals surface area contributed by atoms with E-state index in [1.54, 1.807) is 7.11 Å². The molecule has 0 amide bonds. The minimum atomic E-state index is -0.0936. The smallest absolute Gasteiger partial charge is 0.119 e. The average Bonchev–Trinajstić information content (AvgIpc) is 2.39. The molecule has 0 saturated heterocycles. The molecule has 0 aliphatic heterocycles. The Morgan fingerprint density at radius 3 is 2.32 bits per heavy atom. The number of methoxy groups -OCH3 is 1. The summed E-state index contributed by atoms with van der Waals surface area (Å²) >= 11 is 6.98. The van der Waals surface area contributed by atoms with Gasteiger partial charge in [-0.2, -0.15) is 0 Å². The van der Waals surface area contributed by atoms with Crippen LogP contribution in [0.5, 0.6) is 5.75 Å². The summed E-state index contributed by atoms with van der Waals surface area (Å²) < 4.78 is 7.25. The molecule has 0 aliphatic carbocycles. The summed E-state index contributed by atoms with van der Waals surface area (Å²) in [6.07, 6.45) is 0. The SMILES string of the molecule is COc1cccc(C(NN)c2cc(Br)cc(Br)c2)c1. The zero-order chi connectivity index (χ0) is 13.8. The molecule has 0 heterocycles. The Kier molecular flexibility index (Phi) is 4.99. The molecule has 0 spiro atoms. The fourth-order valence-corrected chi connectivity index (χ4v) is 3.28. The third kappa shape index (κ3) is 3.57. The number of hydrazine groups is 1. The summed E-state index contributed by atoms with van der Waals surface area (Å²) in [6, 6.07) is 13.8. The standard InChI is InChI=1S/C14H14Br2N2O/c1-19-13-4-2-3-9(7-13)14(18-17)10-5-11(15)8-12(16)6-10/h2-8,14,18H,17H2,1H3. The Bertz CT molecular complexity index is 555. The number of hydrogen-bond acceptors (Lipinski definition) is 3. The van der Waals surface area contributed by atoms with Gasteiger partial charge in [0.2, 0.25) is 0 Å². The van der Waals surface area contributed by atoms with E-state index in [-0.39, 0.29) is 6.04 Å². The van der Waals surface area contributed by atoms with Crippen LogP contribution in [0.4, 0.5) is 0 Å². The predicted octanol–water partition coefficient (Wildman–Crippen LogP) is 3.77. The van der Waals surface area contributed by atoms with Gasteiger partial charge in [-0.25, -0.2) is 5.43 Å². The topological polar surface area (TPSA) is 47.3 Å². The molecule has 0 aromatic heterocycles. The molecule has 0 fully saturated rings. The van der Waals surface area contributed by atoms with Gasteiger partial charge < -0.3 is 4.74 Å². The summed E-state index contributed by atoms with van der Waals surface area (Å²) in [5.74, 6) is 6.52. The van der Waals surface area contributed by atoms with Gasteiger partial charge in [0.25, 0.3) is 0 Å². The first-order valence-corrected chi connectivity index (χ1v) is 7.28. The fourth-order valence-electron chi connectivity index (χ4n) is 1.95. The van der Waals surface area contributed by atoms with Crippen molar-refractivity contribution in [3.8, 4) is 5.75 Å². The van der Waals surface area contributed by atoms with Crippen molar-refractivity contribution in [2.75, 3.05) is 7.11 Å². The highest BCUT2D eigenvalue weighted by molar-refractivity contribution is 9.11. The Morgan fingerprint density at radius 1 is 1.05 bits per heavy atom. The maximum Gasteiger partial charge on any atom is 0.119 e. The average molecular weight is 386 g/mol. The fraction of sp³-hybridized carbons (Fsp3) is 0.143. The monoisotopic (exact) mass is 384 g/mol. The van der Waals surface area contributed by atoms with E-state index in [4.69, 9.17) is 10.6 Å². The lowest BCUT2D eigenvalue weighted by Crippen LogP contribution is -2.28. The molecule has 0 bridgehead atoms. The summed E-state index contributed by atoms with van der Waals surface area (Å²) in [5, 5.41) is 0. The van der Waals surface area contributed by atoms with Crippen LogP contribution in [-0.2, 0) is 0 Å². The van der Waals surface area contributed by atoms with Crippen molar-refractivity contribution in [3.63, 3.8) is 0 Å². The molecule has 100 valence electrons. The first-order chi connectivity index (χ1) is 9.13. The van der Waals surface area contributed by atoms with Crippen molar-refractivity contribution < 1.29 is 4.74 Å². The Balaban J connectivity index is 2.43. The van der Waals surface area contributed by atoms with Gasteiger partial charge >= 0.3 is 0 Å². The molecule has 0 aliphatic rings. The molecule has 0 radical (unpaired) electrons. The quantitative estimate of drug-likeness (QED) is 0.622. The summed E-state index contributed by atoms with van der Waals surface area (Å²) in [4.78, 5) is 0. The molecule has 2 aromatic rings. The molecule has 5 heteroatoms. The van der Waals surface area contributed by atoms with E-state index in [9.17, 15) is 0 Å². The van der Waals surface area contributed by atoms with Crippen LogP contribution in [0, 0.1) is 0 Å². The van der Waals surface area contributed by atoms with Gasteiger partial charge in [0, 0.05) is 8.95 Å². The zero-order valence-electron chi connectivity index (χ0n) is 10.4. The van der Waals surface area contributed by atoms with Gasteiger partial charge in [0.05, 0.1) is 13.2 Å². The van der Waals surface area contributed by atoms with Crippen LogP contribution in [0.15, 0.2) is 51.4 Å². The van der Waals surface area contributed by atoms with Crippen molar-refractivity contribution >= 4 is 31.9 Å². The van der Waals surface area contributed by atoms with Gasteiger partial charge in [-0.15, -0.1) is 0 Å². The van der Waals surface area contributed by atoms with Crippen LogP contribution in [0.1, 0.15) is 17.2 Å². The zero-order valence-corrected chi connectivity index (χ0v) is 13.5. The van der Waals surface area contributed by atoms with E-state index in [2.05, 4.69) is 37.3 Å². The number of ether oxygens (including phenoxy) is 1. The lowest BCUT2D eigenvalue weighted by molar-refractivity contribution is 0.413. The Hall–Kier alpha value is -0.880. The number of rotatable bonds is 4. The number of hydrogen-bond donors (Lipinski definition) is 2. The highest BCUT2D eigenvalue weighted by atomic mass is 79.9. The molecule has 3 nitrogen and oxygen atoms in total. The minimum absolute atomic E-state index is 0.0936. The van der Waals surface area contributed by atoms with Crippen molar-refractivity contribution in [1.29, 1.82) is 0 Å². The number of benzene rings is 2. The second-order valence-electron chi connectivity index (χ2n) is 4.08. The second-order valence-corrected chi connectivity index (χ2v) is 5.91. The summed E-state index contributed by atoms with van der Waals surface area (Å²) in [7, 11) is 1.65. The molecular weight excluding hydrogens is 372 g/mol. The van der Waals surface area contributed by atoms with Crippen LogP contribution in [0.25, 0.3) is 0 Å². The van der Waals surface area contributed by atoms with E-state index in [1.807, 2.05) is 42.5 Å².